The number of non-ortho nitro benzene ring substituents is 1. The fraction of sp³-hybridized carbons (Fsp3) is 0.250. The lowest BCUT2D eigenvalue weighted by Gasteiger charge is -2.18. The summed E-state index contributed by atoms with van der Waals surface area (Å²) in [7, 11) is 0. The van der Waals surface area contributed by atoms with Crippen molar-refractivity contribution in [1.82, 2.24) is 4.68 Å². The third-order valence-electron chi connectivity index (χ3n) is 4.64. The lowest BCUT2D eigenvalue weighted by atomic mass is 9.87. The number of benzene rings is 2. The number of hydrogen-bond donors (Lipinski definition) is 0. The molecule has 0 fully saturated rings. The van der Waals surface area contributed by atoms with Gasteiger partial charge < -0.3 is 0 Å². The van der Waals surface area contributed by atoms with E-state index in [4.69, 9.17) is 0 Å². The molecule has 0 radical (unpaired) electrons. The SMILES string of the molecule is C=C(C)CN=c1scc(-c2ccc([N+](=O)[O-])cc2)n1N=Cc1ccc(C(C)(C)C)cc1. The Labute approximate surface area is 186 Å². The highest BCUT2D eigenvalue weighted by Crippen LogP contribution is 2.24. The molecule has 0 amide bonds. The van der Waals surface area contributed by atoms with Crippen molar-refractivity contribution in [2.75, 3.05) is 6.54 Å². The van der Waals surface area contributed by atoms with E-state index in [1.807, 2.05) is 24.4 Å². The Morgan fingerprint density at radius 2 is 1.81 bits per heavy atom. The van der Waals surface area contributed by atoms with Gasteiger partial charge in [-0.15, -0.1) is 11.3 Å². The maximum Gasteiger partial charge on any atom is 0.269 e. The van der Waals surface area contributed by atoms with Gasteiger partial charge in [0.1, 0.15) is 0 Å². The van der Waals surface area contributed by atoms with Crippen molar-refractivity contribution in [1.29, 1.82) is 0 Å². The van der Waals surface area contributed by atoms with Gasteiger partial charge in [0.05, 0.1) is 23.4 Å². The Kier molecular flexibility index (Phi) is 6.65. The van der Waals surface area contributed by atoms with Crippen molar-refractivity contribution in [3.05, 3.63) is 92.1 Å². The van der Waals surface area contributed by atoms with Crippen LogP contribution in [0.2, 0.25) is 0 Å². The van der Waals surface area contributed by atoms with Crippen LogP contribution >= 0.6 is 11.3 Å². The van der Waals surface area contributed by atoms with Crippen molar-refractivity contribution in [2.45, 2.75) is 33.1 Å². The lowest BCUT2D eigenvalue weighted by molar-refractivity contribution is -0.384. The summed E-state index contributed by atoms with van der Waals surface area (Å²) in [5.41, 5.74) is 5.00. The van der Waals surface area contributed by atoms with Gasteiger partial charge in [-0.25, -0.2) is 4.68 Å². The molecule has 31 heavy (non-hydrogen) atoms. The van der Waals surface area contributed by atoms with Crippen LogP contribution in [0.4, 0.5) is 5.69 Å². The average Bonchev–Trinajstić information content (AvgIpc) is 3.13. The third kappa shape index (κ3) is 5.64. The van der Waals surface area contributed by atoms with Gasteiger partial charge in [-0.2, -0.15) is 5.10 Å². The molecule has 1 heterocycles. The van der Waals surface area contributed by atoms with Crippen molar-refractivity contribution >= 4 is 23.2 Å². The van der Waals surface area contributed by atoms with E-state index >= 15 is 0 Å². The van der Waals surface area contributed by atoms with Crippen molar-refractivity contribution < 1.29 is 4.92 Å². The minimum atomic E-state index is -0.404. The normalized spacial score (nSPS) is 12.5. The molecule has 3 aromatic rings. The Morgan fingerprint density at radius 3 is 2.35 bits per heavy atom. The zero-order valence-corrected chi connectivity index (χ0v) is 19.0. The molecule has 7 heteroatoms. The van der Waals surface area contributed by atoms with E-state index in [2.05, 4.69) is 49.6 Å². The van der Waals surface area contributed by atoms with E-state index in [0.29, 0.717) is 6.54 Å². The fourth-order valence-electron chi connectivity index (χ4n) is 2.87. The first kappa shape index (κ1) is 22.4. The van der Waals surface area contributed by atoms with Crippen LogP contribution in [0.1, 0.15) is 38.8 Å². The van der Waals surface area contributed by atoms with E-state index in [1.54, 1.807) is 23.0 Å². The van der Waals surface area contributed by atoms with E-state index < -0.39 is 4.92 Å². The molecule has 0 spiro atoms. The number of thiazole rings is 1. The summed E-state index contributed by atoms with van der Waals surface area (Å²) in [5.74, 6) is 0. The lowest BCUT2D eigenvalue weighted by Crippen LogP contribution is -2.13. The zero-order chi connectivity index (χ0) is 22.6. The quantitative estimate of drug-likeness (QED) is 0.213. The summed E-state index contributed by atoms with van der Waals surface area (Å²) in [4.78, 5) is 15.9. The first-order valence-corrected chi connectivity index (χ1v) is 10.8. The van der Waals surface area contributed by atoms with Crippen LogP contribution in [0.5, 0.6) is 0 Å². The summed E-state index contributed by atoms with van der Waals surface area (Å²) in [6, 6.07) is 14.8. The van der Waals surface area contributed by atoms with Gasteiger partial charge >= 0.3 is 0 Å². The molecule has 0 saturated heterocycles. The maximum absolute atomic E-state index is 11.0. The van der Waals surface area contributed by atoms with Gasteiger partial charge in [-0.05, 0) is 35.6 Å². The molecule has 160 valence electrons. The average molecular weight is 435 g/mol. The van der Waals surface area contributed by atoms with Crippen LogP contribution in [0.3, 0.4) is 0 Å². The Bertz CT molecular complexity index is 1180. The second-order valence-electron chi connectivity index (χ2n) is 8.41. The Morgan fingerprint density at radius 1 is 1.16 bits per heavy atom. The fourth-order valence-corrected chi connectivity index (χ4v) is 3.71. The van der Waals surface area contributed by atoms with Gasteiger partial charge in [0.25, 0.3) is 5.69 Å². The number of nitro groups is 1. The number of hydrogen-bond acceptors (Lipinski definition) is 5. The predicted octanol–water partition coefficient (Wildman–Crippen LogP) is 5.78. The second kappa shape index (κ2) is 9.22. The van der Waals surface area contributed by atoms with Gasteiger partial charge in [0, 0.05) is 23.1 Å². The number of aromatic nitrogens is 1. The Hall–Kier alpha value is -3.32. The highest BCUT2D eigenvalue weighted by Gasteiger charge is 2.13. The number of nitro benzene ring substituents is 1. The maximum atomic E-state index is 11.0. The molecular formula is C24H26N4O2S. The molecule has 6 nitrogen and oxygen atoms in total. The molecule has 3 rings (SSSR count). The van der Waals surface area contributed by atoms with E-state index in [-0.39, 0.29) is 11.1 Å². The summed E-state index contributed by atoms with van der Waals surface area (Å²) in [5, 5.41) is 17.6. The third-order valence-corrected chi connectivity index (χ3v) is 5.50. The van der Waals surface area contributed by atoms with E-state index in [9.17, 15) is 10.1 Å². The summed E-state index contributed by atoms with van der Waals surface area (Å²) >= 11 is 1.47. The smallest absolute Gasteiger partial charge is 0.258 e. The van der Waals surface area contributed by atoms with Crippen LogP contribution in [0, 0.1) is 10.1 Å². The molecule has 0 unspecified atom stereocenters. The minimum absolute atomic E-state index is 0.0557. The highest BCUT2D eigenvalue weighted by atomic mass is 32.1. The van der Waals surface area contributed by atoms with Crippen molar-refractivity contribution in [3.63, 3.8) is 0 Å². The van der Waals surface area contributed by atoms with Crippen LogP contribution in [-0.4, -0.2) is 22.4 Å². The molecule has 0 saturated carbocycles. The largest absolute Gasteiger partial charge is 0.269 e. The molecule has 0 atom stereocenters. The molecule has 0 aliphatic rings. The van der Waals surface area contributed by atoms with Crippen molar-refractivity contribution in [2.24, 2.45) is 10.1 Å². The standard InChI is InChI=1S/C24H26N4O2S/c1-17(2)14-25-23-27(26-15-18-6-10-20(11-7-18)24(3,4)5)22(16-31-23)19-8-12-21(13-9-19)28(29)30/h6-13,15-16H,1,14H2,2-5H3. The van der Waals surface area contributed by atoms with E-state index in [0.717, 1.165) is 27.2 Å². The molecule has 0 bridgehead atoms. The molecular weight excluding hydrogens is 408 g/mol. The Balaban J connectivity index is 2.01. The van der Waals surface area contributed by atoms with Gasteiger partial charge in [0.15, 0.2) is 0 Å². The highest BCUT2D eigenvalue weighted by molar-refractivity contribution is 7.07. The first-order valence-electron chi connectivity index (χ1n) is 9.90. The predicted molar refractivity (Wildman–Crippen MR) is 128 cm³/mol. The monoisotopic (exact) mass is 434 g/mol. The van der Waals surface area contributed by atoms with Gasteiger partial charge in [-0.3, -0.25) is 15.1 Å². The second-order valence-corrected chi connectivity index (χ2v) is 9.25. The molecule has 1 aromatic heterocycles. The van der Waals surface area contributed by atoms with Crippen LogP contribution < -0.4 is 4.80 Å². The van der Waals surface area contributed by atoms with Crippen molar-refractivity contribution in [3.8, 4) is 11.3 Å². The summed E-state index contributed by atoms with van der Waals surface area (Å²) in [6.45, 7) is 12.9. The summed E-state index contributed by atoms with van der Waals surface area (Å²) < 4.78 is 1.77. The number of rotatable bonds is 6. The van der Waals surface area contributed by atoms with Crippen LogP contribution in [0.25, 0.3) is 11.3 Å². The van der Waals surface area contributed by atoms with E-state index in [1.165, 1.54) is 29.0 Å². The molecule has 0 aliphatic heterocycles. The minimum Gasteiger partial charge on any atom is -0.258 e. The molecule has 0 N–H and O–H groups in total. The molecule has 0 aliphatic carbocycles. The van der Waals surface area contributed by atoms with Crippen LogP contribution in [-0.2, 0) is 5.41 Å². The topological polar surface area (TPSA) is 72.8 Å². The first-order chi connectivity index (χ1) is 14.6. The zero-order valence-electron chi connectivity index (χ0n) is 18.2. The molecule has 2 aromatic carbocycles. The van der Waals surface area contributed by atoms with Gasteiger partial charge in [-0.1, -0.05) is 57.2 Å². The van der Waals surface area contributed by atoms with Crippen LogP contribution in [0.15, 0.2) is 76.2 Å². The number of nitrogens with zero attached hydrogens (tertiary/aromatic N) is 4. The summed E-state index contributed by atoms with van der Waals surface area (Å²) in [6.07, 6.45) is 1.80. The van der Waals surface area contributed by atoms with Gasteiger partial charge in [0.2, 0.25) is 4.80 Å².